The van der Waals surface area contributed by atoms with Crippen molar-refractivity contribution in [2.24, 2.45) is 17.8 Å². The Hall–Kier alpha value is -1.89. The predicted octanol–water partition coefficient (Wildman–Crippen LogP) is 1.88. The van der Waals surface area contributed by atoms with Crippen LogP contribution in [0, 0.1) is 17.8 Å². The van der Waals surface area contributed by atoms with E-state index < -0.39 is 0 Å². The number of piperidine rings is 3. The number of aromatic nitrogens is 2. The third-order valence-corrected chi connectivity index (χ3v) is 7.00. The SMILES string of the molecule is CCn1cc(CN2C[C@H]3C[C@@H](C2)[C@H](CNC(=O)C(C)C)N2C(=O)CCC[C@@H]32)cn1. The van der Waals surface area contributed by atoms with Gasteiger partial charge in [0, 0.05) is 62.9 Å². The van der Waals surface area contributed by atoms with Crippen LogP contribution in [-0.2, 0) is 22.7 Å². The van der Waals surface area contributed by atoms with Gasteiger partial charge in [0.15, 0.2) is 0 Å². The molecule has 0 saturated carbocycles. The molecule has 4 atom stereocenters. The third-order valence-electron chi connectivity index (χ3n) is 7.00. The van der Waals surface area contributed by atoms with Crippen LogP contribution in [0.2, 0.25) is 0 Å². The van der Waals surface area contributed by atoms with E-state index in [4.69, 9.17) is 0 Å². The van der Waals surface area contributed by atoms with Crippen molar-refractivity contribution in [3.63, 3.8) is 0 Å². The van der Waals surface area contributed by atoms with E-state index in [9.17, 15) is 9.59 Å². The molecule has 4 rings (SSSR count). The molecule has 1 aromatic rings. The summed E-state index contributed by atoms with van der Waals surface area (Å²) in [5.41, 5.74) is 1.26. The van der Waals surface area contributed by atoms with Crippen LogP contribution in [0.3, 0.4) is 0 Å². The molecule has 4 heterocycles. The smallest absolute Gasteiger partial charge is 0.223 e. The average molecular weight is 402 g/mol. The fourth-order valence-electron chi connectivity index (χ4n) is 5.59. The summed E-state index contributed by atoms with van der Waals surface area (Å²) in [6, 6.07) is 0.447. The van der Waals surface area contributed by atoms with Crippen LogP contribution in [0.25, 0.3) is 0 Å². The van der Waals surface area contributed by atoms with Crippen molar-refractivity contribution in [1.29, 1.82) is 0 Å². The molecule has 160 valence electrons. The van der Waals surface area contributed by atoms with Crippen LogP contribution in [0.1, 0.15) is 52.0 Å². The van der Waals surface area contributed by atoms with Gasteiger partial charge in [-0.25, -0.2) is 0 Å². The number of aryl methyl sites for hydroxylation is 1. The van der Waals surface area contributed by atoms with Crippen LogP contribution in [-0.4, -0.2) is 63.1 Å². The van der Waals surface area contributed by atoms with E-state index in [1.54, 1.807) is 0 Å². The highest BCUT2D eigenvalue weighted by Gasteiger charge is 2.49. The standard InChI is InChI=1S/C22H35N5O2/c1-4-26-12-16(9-24-26)11-25-13-17-8-18(14-25)20(10-23-22(29)15(2)3)27-19(17)6-5-7-21(27)28/h9,12,15,17-20H,4-8,10-11,13-14H2,1-3H3,(H,23,29)/t17-,18+,19+,20+/m1/s1. The molecule has 2 bridgehead atoms. The van der Waals surface area contributed by atoms with Gasteiger partial charge in [0.1, 0.15) is 0 Å². The number of carbonyl (C=O) groups is 2. The lowest BCUT2D eigenvalue weighted by atomic mass is 9.72. The molecule has 3 aliphatic heterocycles. The molecule has 0 aromatic carbocycles. The molecule has 29 heavy (non-hydrogen) atoms. The summed E-state index contributed by atoms with van der Waals surface area (Å²) in [6.07, 6.45) is 8.03. The summed E-state index contributed by atoms with van der Waals surface area (Å²) in [4.78, 5) is 29.8. The summed E-state index contributed by atoms with van der Waals surface area (Å²) in [7, 11) is 0. The van der Waals surface area contributed by atoms with Crippen molar-refractivity contribution < 1.29 is 9.59 Å². The molecule has 3 saturated heterocycles. The Morgan fingerprint density at radius 2 is 2.10 bits per heavy atom. The van der Waals surface area contributed by atoms with Gasteiger partial charge in [0.05, 0.1) is 12.2 Å². The lowest BCUT2D eigenvalue weighted by Gasteiger charge is -2.56. The van der Waals surface area contributed by atoms with Gasteiger partial charge in [-0.05, 0) is 38.0 Å². The van der Waals surface area contributed by atoms with Gasteiger partial charge in [-0.2, -0.15) is 5.10 Å². The Morgan fingerprint density at radius 3 is 2.83 bits per heavy atom. The van der Waals surface area contributed by atoms with Gasteiger partial charge in [0.2, 0.25) is 11.8 Å². The van der Waals surface area contributed by atoms with Crippen molar-refractivity contribution in [2.45, 2.75) is 71.6 Å². The minimum absolute atomic E-state index is 0.0304. The number of hydrogen-bond donors (Lipinski definition) is 1. The maximum atomic E-state index is 12.8. The number of rotatable bonds is 6. The molecule has 7 heteroatoms. The highest BCUT2D eigenvalue weighted by Crippen LogP contribution is 2.41. The average Bonchev–Trinajstić information content (AvgIpc) is 3.15. The molecule has 7 nitrogen and oxygen atoms in total. The van der Waals surface area contributed by atoms with E-state index in [0.29, 0.717) is 30.8 Å². The summed E-state index contributed by atoms with van der Waals surface area (Å²) >= 11 is 0. The molecular formula is C22H35N5O2. The summed E-state index contributed by atoms with van der Waals surface area (Å²) < 4.78 is 1.98. The highest BCUT2D eigenvalue weighted by molar-refractivity contribution is 5.79. The Morgan fingerprint density at radius 1 is 1.31 bits per heavy atom. The van der Waals surface area contributed by atoms with E-state index in [1.165, 1.54) is 12.0 Å². The van der Waals surface area contributed by atoms with E-state index >= 15 is 0 Å². The van der Waals surface area contributed by atoms with Crippen LogP contribution in [0.5, 0.6) is 0 Å². The van der Waals surface area contributed by atoms with E-state index in [-0.39, 0.29) is 23.8 Å². The minimum Gasteiger partial charge on any atom is -0.354 e. The van der Waals surface area contributed by atoms with Crippen LogP contribution < -0.4 is 5.32 Å². The quantitative estimate of drug-likeness (QED) is 0.790. The lowest BCUT2D eigenvalue weighted by Crippen LogP contribution is -2.67. The lowest BCUT2D eigenvalue weighted by molar-refractivity contribution is -0.153. The number of hydrogen-bond acceptors (Lipinski definition) is 4. The molecule has 3 fully saturated rings. The molecule has 0 radical (unpaired) electrons. The first-order chi connectivity index (χ1) is 14.0. The van der Waals surface area contributed by atoms with Gasteiger partial charge >= 0.3 is 0 Å². The minimum atomic E-state index is -0.0304. The number of likely N-dealkylation sites (tertiary alicyclic amines) is 1. The van der Waals surface area contributed by atoms with Crippen molar-refractivity contribution in [2.75, 3.05) is 19.6 Å². The Labute approximate surface area is 173 Å². The second kappa shape index (κ2) is 8.46. The Balaban J connectivity index is 1.50. The van der Waals surface area contributed by atoms with Gasteiger partial charge in [0.25, 0.3) is 0 Å². The maximum absolute atomic E-state index is 12.8. The number of fused-ring (bicyclic) bond motifs is 4. The van der Waals surface area contributed by atoms with Crippen LogP contribution in [0.15, 0.2) is 12.4 Å². The topological polar surface area (TPSA) is 70.5 Å². The molecule has 1 N–H and O–H groups in total. The zero-order valence-electron chi connectivity index (χ0n) is 18.0. The summed E-state index contributed by atoms with van der Waals surface area (Å²) in [6.45, 7) is 10.4. The number of amides is 2. The number of carbonyl (C=O) groups excluding carboxylic acids is 2. The van der Waals surface area contributed by atoms with Crippen molar-refractivity contribution in [3.8, 4) is 0 Å². The Bertz CT molecular complexity index is 745. The highest BCUT2D eigenvalue weighted by atomic mass is 16.2. The first kappa shape index (κ1) is 20.4. The van der Waals surface area contributed by atoms with E-state index in [2.05, 4.69) is 33.3 Å². The molecule has 1 aromatic heterocycles. The molecule has 3 aliphatic rings. The second-order valence-corrected chi connectivity index (χ2v) is 9.38. The van der Waals surface area contributed by atoms with Crippen LogP contribution in [0.4, 0.5) is 0 Å². The molecule has 0 unspecified atom stereocenters. The van der Waals surface area contributed by atoms with Gasteiger partial charge in [-0.3, -0.25) is 19.2 Å². The largest absolute Gasteiger partial charge is 0.354 e. The van der Waals surface area contributed by atoms with E-state index in [1.807, 2.05) is 24.7 Å². The first-order valence-corrected chi connectivity index (χ1v) is 11.3. The second-order valence-electron chi connectivity index (χ2n) is 9.38. The Kier molecular flexibility index (Phi) is 5.95. The summed E-state index contributed by atoms with van der Waals surface area (Å²) in [5.74, 6) is 1.29. The number of nitrogens with zero attached hydrogens (tertiary/aromatic N) is 4. The molecular weight excluding hydrogens is 366 g/mol. The maximum Gasteiger partial charge on any atom is 0.223 e. The molecule has 0 spiro atoms. The fraction of sp³-hybridized carbons (Fsp3) is 0.773. The van der Waals surface area contributed by atoms with Crippen LogP contribution >= 0.6 is 0 Å². The number of nitrogens with one attached hydrogen (secondary N) is 1. The fourth-order valence-corrected chi connectivity index (χ4v) is 5.59. The van der Waals surface area contributed by atoms with Crippen molar-refractivity contribution in [3.05, 3.63) is 18.0 Å². The molecule has 0 aliphatic carbocycles. The predicted molar refractivity (Wildman–Crippen MR) is 111 cm³/mol. The van der Waals surface area contributed by atoms with Gasteiger partial charge in [-0.1, -0.05) is 13.8 Å². The normalized spacial score (nSPS) is 29.8. The van der Waals surface area contributed by atoms with Gasteiger partial charge < -0.3 is 10.2 Å². The van der Waals surface area contributed by atoms with Crippen molar-refractivity contribution in [1.82, 2.24) is 24.9 Å². The molecule has 2 amide bonds. The van der Waals surface area contributed by atoms with Gasteiger partial charge in [-0.15, -0.1) is 0 Å². The summed E-state index contributed by atoms with van der Waals surface area (Å²) in [5, 5.41) is 7.54. The van der Waals surface area contributed by atoms with E-state index in [0.717, 1.165) is 39.0 Å². The zero-order valence-corrected chi connectivity index (χ0v) is 18.0. The third kappa shape index (κ3) is 4.20. The first-order valence-electron chi connectivity index (χ1n) is 11.3. The zero-order chi connectivity index (χ0) is 20.5. The van der Waals surface area contributed by atoms with Crippen molar-refractivity contribution >= 4 is 11.8 Å². The monoisotopic (exact) mass is 401 g/mol.